The minimum absolute atomic E-state index is 0.191. The van der Waals surface area contributed by atoms with Gasteiger partial charge in [-0.05, 0) is 12.5 Å². The molecule has 18 heavy (non-hydrogen) atoms. The van der Waals surface area contributed by atoms with E-state index < -0.39 is 10.8 Å². The Labute approximate surface area is 103 Å². The summed E-state index contributed by atoms with van der Waals surface area (Å²) in [5.74, 6) is -0.694. The van der Waals surface area contributed by atoms with Gasteiger partial charge >= 0.3 is 5.69 Å². The molecule has 2 rings (SSSR count). The van der Waals surface area contributed by atoms with Crippen LogP contribution in [0, 0.1) is 10.1 Å². The SMILES string of the molecule is CC(C(=O)n1cc([N+](=O)[O-])cn1)c1ccccc1. The van der Waals surface area contributed by atoms with E-state index in [4.69, 9.17) is 0 Å². The highest BCUT2D eigenvalue weighted by Gasteiger charge is 2.20. The average molecular weight is 245 g/mol. The summed E-state index contributed by atoms with van der Waals surface area (Å²) < 4.78 is 1.01. The lowest BCUT2D eigenvalue weighted by Crippen LogP contribution is -2.18. The van der Waals surface area contributed by atoms with Crippen molar-refractivity contribution >= 4 is 11.6 Å². The highest BCUT2D eigenvalue weighted by Crippen LogP contribution is 2.18. The molecule has 0 radical (unpaired) electrons. The van der Waals surface area contributed by atoms with Crippen molar-refractivity contribution in [1.82, 2.24) is 9.78 Å². The van der Waals surface area contributed by atoms with Crippen molar-refractivity contribution < 1.29 is 9.72 Å². The molecule has 0 fully saturated rings. The normalized spacial score (nSPS) is 12.1. The van der Waals surface area contributed by atoms with Gasteiger partial charge < -0.3 is 0 Å². The maximum Gasteiger partial charge on any atom is 0.307 e. The first-order valence-corrected chi connectivity index (χ1v) is 5.38. The van der Waals surface area contributed by atoms with E-state index in [2.05, 4.69) is 5.10 Å². The molecule has 2 aromatic rings. The standard InChI is InChI=1S/C12H11N3O3/c1-9(10-5-3-2-4-6-10)12(16)14-8-11(7-13-14)15(17)18/h2-9H,1H3. The Hall–Kier alpha value is -2.50. The predicted molar refractivity (Wildman–Crippen MR) is 64.4 cm³/mol. The van der Waals surface area contributed by atoms with Crippen LogP contribution >= 0.6 is 0 Å². The molecule has 0 saturated carbocycles. The Kier molecular flexibility index (Phi) is 3.18. The Bertz CT molecular complexity index is 577. The summed E-state index contributed by atoms with van der Waals surface area (Å²) in [4.78, 5) is 22.0. The number of carbonyl (C=O) groups is 1. The van der Waals surface area contributed by atoms with E-state index in [1.807, 2.05) is 30.3 Å². The average Bonchev–Trinajstić information content (AvgIpc) is 2.88. The zero-order valence-corrected chi connectivity index (χ0v) is 9.69. The molecule has 0 saturated heterocycles. The molecule has 0 aliphatic carbocycles. The highest BCUT2D eigenvalue weighted by molar-refractivity contribution is 5.85. The summed E-state index contributed by atoms with van der Waals surface area (Å²) in [5.41, 5.74) is 0.657. The summed E-state index contributed by atoms with van der Waals surface area (Å²) in [5, 5.41) is 14.2. The van der Waals surface area contributed by atoms with Crippen molar-refractivity contribution in [2.24, 2.45) is 0 Å². The number of hydrogen-bond donors (Lipinski definition) is 0. The van der Waals surface area contributed by atoms with Gasteiger partial charge in [0.1, 0.15) is 12.4 Å². The molecule has 1 atom stereocenters. The first-order valence-electron chi connectivity index (χ1n) is 5.38. The van der Waals surface area contributed by atoms with E-state index >= 15 is 0 Å². The van der Waals surface area contributed by atoms with Crippen molar-refractivity contribution in [3.05, 3.63) is 58.4 Å². The molecule has 0 aliphatic rings. The highest BCUT2D eigenvalue weighted by atomic mass is 16.6. The third-order valence-corrected chi connectivity index (χ3v) is 2.68. The van der Waals surface area contributed by atoms with Crippen molar-refractivity contribution in [3.63, 3.8) is 0 Å². The molecule has 0 bridgehead atoms. The van der Waals surface area contributed by atoms with E-state index in [0.29, 0.717) is 0 Å². The Balaban J connectivity index is 2.23. The van der Waals surface area contributed by atoms with Crippen LogP contribution in [0.15, 0.2) is 42.7 Å². The molecule has 0 aliphatic heterocycles. The van der Waals surface area contributed by atoms with Gasteiger partial charge in [-0.25, -0.2) is 4.68 Å². The fourth-order valence-corrected chi connectivity index (χ4v) is 1.61. The smallest absolute Gasteiger partial charge is 0.272 e. The van der Waals surface area contributed by atoms with Crippen LogP contribution in [0.3, 0.4) is 0 Å². The molecule has 1 unspecified atom stereocenters. The van der Waals surface area contributed by atoms with Gasteiger partial charge in [-0.1, -0.05) is 30.3 Å². The summed E-state index contributed by atoms with van der Waals surface area (Å²) in [6.07, 6.45) is 2.19. The Morgan fingerprint density at radius 3 is 2.61 bits per heavy atom. The number of aromatic nitrogens is 2. The van der Waals surface area contributed by atoms with Gasteiger partial charge in [0, 0.05) is 0 Å². The topological polar surface area (TPSA) is 78.0 Å². The number of carbonyl (C=O) groups excluding carboxylic acids is 1. The molecule has 6 heteroatoms. The second kappa shape index (κ2) is 4.79. The molecule has 6 nitrogen and oxygen atoms in total. The third-order valence-electron chi connectivity index (χ3n) is 2.68. The van der Waals surface area contributed by atoms with Crippen LogP contribution in [0.5, 0.6) is 0 Å². The minimum atomic E-state index is -0.579. The quantitative estimate of drug-likeness (QED) is 0.613. The fraction of sp³-hybridized carbons (Fsp3) is 0.167. The number of benzene rings is 1. The monoisotopic (exact) mass is 245 g/mol. The second-order valence-corrected chi connectivity index (χ2v) is 3.87. The molecular formula is C12H11N3O3. The zero-order chi connectivity index (χ0) is 13.1. The van der Waals surface area contributed by atoms with Crippen molar-refractivity contribution in [3.8, 4) is 0 Å². The lowest BCUT2D eigenvalue weighted by Gasteiger charge is -2.09. The number of hydrogen-bond acceptors (Lipinski definition) is 4. The van der Waals surface area contributed by atoms with Gasteiger partial charge in [0.15, 0.2) is 0 Å². The van der Waals surface area contributed by atoms with Crippen LogP contribution in [-0.2, 0) is 0 Å². The number of nitrogens with zero attached hydrogens (tertiary/aromatic N) is 3. The summed E-state index contributed by atoms with van der Waals surface area (Å²) in [6.45, 7) is 1.74. The van der Waals surface area contributed by atoms with Crippen LogP contribution in [0.4, 0.5) is 5.69 Å². The lowest BCUT2D eigenvalue weighted by molar-refractivity contribution is -0.384. The Morgan fingerprint density at radius 2 is 2.06 bits per heavy atom. The van der Waals surface area contributed by atoms with E-state index in [9.17, 15) is 14.9 Å². The van der Waals surface area contributed by atoms with Crippen LogP contribution in [0.2, 0.25) is 0 Å². The van der Waals surface area contributed by atoms with Crippen molar-refractivity contribution in [2.75, 3.05) is 0 Å². The number of rotatable bonds is 3. The molecule has 0 amide bonds. The van der Waals surface area contributed by atoms with Gasteiger partial charge in [0.2, 0.25) is 0 Å². The van der Waals surface area contributed by atoms with Crippen LogP contribution in [0.1, 0.15) is 23.2 Å². The third kappa shape index (κ3) is 2.27. The molecular weight excluding hydrogens is 234 g/mol. The van der Waals surface area contributed by atoms with Crippen LogP contribution < -0.4 is 0 Å². The molecule has 1 aromatic carbocycles. The van der Waals surface area contributed by atoms with E-state index in [0.717, 1.165) is 22.6 Å². The van der Waals surface area contributed by atoms with Gasteiger partial charge in [-0.2, -0.15) is 5.10 Å². The molecule has 0 spiro atoms. The van der Waals surface area contributed by atoms with Gasteiger partial charge in [-0.3, -0.25) is 14.9 Å². The van der Waals surface area contributed by atoms with Crippen molar-refractivity contribution in [2.45, 2.75) is 12.8 Å². The maximum absolute atomic E-state index is 12.1. The molecule has 1 heterocycles. The second-order valence-electron chi connectivity index (χ2n) is 3.87. The van der Waals surface area contributed by atoms with Gasteiger partial charge in [-0.15, -0.1) is 0 Å². The van der Waals surface area contributed by atoms with E-state index in [1.54, 1.807) is 6.92 Å². The molecule has 1 aromatic heterocycles. The summed E-state index contributed by atoms with van der Waals surface area (Å²) in [7, 11) is 0. The maximum atomic E-state index is 12.1. The summed E-state index contributed by atoms with van der Waals surface area (Å²) in [6, 6.07) is 9.20. The molecule has 0 N–H and O–H groups in total. The lowest BCUT2D eigenvalue weighted by atomic mass is 10.0. The van der Waals surface area contributed by atoms with Gasteiger partial charge in [0.05, 0.1) is 10.8 Å². The summed E-state index contributed by atoms with van der Waals surface area (Å²) >= 11 is 0. The van der Waals surface area contributed by atoms with E-state index in [1.165, 1.54) is 0 Å². The largest absolute Gasteiger partial charge is 0.307 e. The fourth-order valence-electron chi connectivity index (χ4n) is 1.61. The molecule has 92 valence electrons. The van der Waals surface area contributed by atoms with Crippen LogP contribution in [0.25, 0.3) is 0 Å². The zero-order valence-electron chi connectivity index (χ0n) is 9.69. The first-order chi connectivity index (χ1) is 8.59. The van der Waals surface area contributed by atoms with Gasteiger partial charge in [0.25, 0.3) is 5.91 Å². The van der Waals surface area contributed by atoms with Crippen LogP contribution in [-0.4, -0.2) is 20.6 Å². The number of nitro groups is 1. The van der Waals surface area contributed by atoms with Crippen molar-refractivity contribution in [1.29, 1.82) is 0 Å². The minimum Gasteiger partial charge on any atom is -0.272 e. The Morgan fingerprint density at radius 1 is 1.39 bits per heavy atom. The first kappa shape index (κ1) is 12.0. The van der Waals surface area contributed by atoms with E-state index in [-0.39, 0.29) is 11.6 Å². The predicted octanol–water partition coefficient (Wildman–Crippen LogP) is 2.24.